The topological polar surface area (TPSA) is 23.5 Å². The zero-order valence-corrected chi connectivity index (χ0v) is 8.69. The zero-order chi connectivity index (χ0) is 10.5. The van der Waals surface area contributed by atoms with E-state index in [-0.39, 0.29) is 6.10 Å². The third kappa shape index (κ3) is 3.09. The molecule has 1 saturated heterocycles. The molecule has 0 unspecified atom stereocenters. The Balaban J connectivity index is 1.86. The van der Waals surface area contributed by atoms with Crippen molar-refractivity contribution in [3.05, 3.63) is 35.9 Å². The summed E-state index contributed by atoms with van der Waals surface area (Å²) >= 11 is 0. The molecule has 1 aromatic rings. The Kier molecular flexibility index (Phi) is 3.39. The largest absolute Gasteiger partial charge is 0.392 e. The summed E-state index contributed by atoms with van der Waals surface area (Å²) in [5.41, 5.74) is 1.05. The lowest BCUT2D eigenvalue weighted by Crippen LogP contribution is -2.22. The SMILES string of the molecule is O[C@@H]1CCN(CC#Cc2ccccc2)C1. The standard InChI is InChI=1S/C13H15NO/c15-13-8-10-14(11-13)9-4-7-12-5-2-1-3-6-12/h1-3,5-6,13,15H,8-11H2/t13-/m1/s1. The van der Waals surface area contributed by atoms with Gasteiger partial charge >= 0.3 is 0 Å². The Morgan fingerprint density at radius 1 is 1.33 bits per heavy atom. The highest BCUT2D eigenvalue weighted by atomic mass is 16.3. The van der Waals surface area contributed by atoms with E-state index in [0.29, 0.717) is 0 Å². The fraction of sp³-hybridized carbons (Fsp3) is 0.385. The Hall–Kier alpha value is -1.30. The average Bonchev–Trinajstić information content (AvgIpc) is 2.66. The molecule has 1 fully saturated rings. The molecule has 78 valence electrons. The fourth-order valence-electron chi connectivity index (χ4n) is 1.73. The smallest absolute Gasteiger partial charge is 0.0679 e. The van der Waals surface area contributed by atoms with E-state index in [1.165, 1.54) is 0 Å². The molecule has 0 amide bonds. The van der Waals surface area contributed by atoms with E-state index < -0.39 is 0 Å². The highest BCUT2D eigenvalue weighted by molar-refractivity contribution is 5.33. The van der Waals surface area contributed by atoms with Gasteiger partial charge in [0.1, 0.15) is 0 Å². The second-order valence-corrected chi connectivity index (χ2v) is 3.85. The quantitative estimate of drug-likeness (QED) is 0.688. The van der Waals surface area contributed by atoms with Crippen LogP contribution < -0.4 is 0 Å². The van der Waals surface area contributed by atoms with Crippen LogP contribution in [-0.4, -0.2) is 35.7 Å². The predicted octanol–water partition coefficient (Wildman–Crippen LogP) is 1.10. The fourth-order valence-corrected chi connectivity index (χ4v) is 1.73. The molecule has 0 aromatic heterocycles. The maximum absolute atomic E-state index is 9.33. The molecule has 0 radical (unpaired) electrons. The molecule has 1 aliphatic heterocycles. The van der Waals surface area contributed by atoms with Gasteiger partial charge in [0.15, 0.2) is 0 Å². The van der Waals surface area contributed by atoms with Crippen molar-refractivity contribution in [1.29, 1.82) is 0 Å². The van der Waals surface area contributed by atoms with E-state index >= 15 is 0 Å². The highest BCUT2D eigenvalue weighted by Gasteiger charge is 2.18. The lowest BCUT2D eigenvalue weighted by atomic mass is 10.2. The number of aliphatic hydroxyl groups is 1. The first-order chi connectivity index (χ1) is 7.34. The Labute approximate surface area is 90.5 Å². The molecule has 1 aromatic carbocycles. The molecule has 0 saturated carbocycles. The summed E-state index contributed by atoms with van der Waals surface area (Å²) in [6.07, 6.45) is 0.732. The van der Waals surface area contributed by atoms with Gasteiger partial charge in [-0.2, -0.15) is 0 Å². The van der Waals surface area contributed by atoms with Crippen molar-refractivity contribution in [3.63, 3.8) is 0 Å². The summed E-state index contributed by atoms with van der Waals surface area (Å²) in [7, 11) is 0. The average molecular weight is 201 g/mol. The van der Waals surface area contributed by atoms with Crippen LogP contribution >= 0.6 is 0 Å². The Morgan fingerprint density at radius 2 is 2.13 bits per heavy atom. The number of β-amino-alcohol motifs (C(OH)–C–C–N with tert-alkyl or cyclic N) is 1. The molecule has 1 atom stereocenters. The van der Waals surface area contributed by atoms with Gasteiger partial charge in [-0.25, -0.2) is 0 Å². The van der Waals surface area contributed by atoms with Gasteiger partial charge in [0.05, 0.1) is 12.6 Å². The summed E-state index contributed by atoms with van der Waals surface area (Å²) < 4.78 is 0. The minimum atomic E-state index is -0.150. The van der Waals surface area contributed by atoms with Crippen LogP contribution in [0.15, 0.2) is 30.3 Å². The molecule has 1 N–H and O–H groups in total. The predicted molar refractivity (Wildman–Crippen MR) is 60.4 cm³/mol. The summed E-state index contributed by atoms with van der Waals surface area (Å²) in [5.74, 6) is 6.24. The molecule has 0 aliphatic carbocycles. The number of rotatable bonds is 1. The van der Waals surface area contributed by atoms with Crippen molar-refractivity contribution in [2.24, 2.45) is 0 Å². The number of aliphatic hydroxyl groups excluding tert-OH is 1. The summed E-state index contributed by atoms with van der Waals surface area (Å²) in [4.78, 5) is 2.18. The van der Waals surface area contributed by atoms with Crippen molar-refractivity contribution < 1.29 is 5.11 Å². The van der Waals surface area contributed by atoms with Gasteiger partial charge in [0.2, 0.25) is 0 Å². The van der Waals surface area contributed by atoms with Gasteiger partial charge in [-0.1, -0.05) is 30.0 Å². The first kappa shape index (κ1) is 10.2. The van der Waals surface area contributed by atoms with Crippen molar-refractivity contribution in [3.8, 4) is 11.8 Å². The first-order valence-electron chi connectivity index (χ1n) is 5.29. The minimum Gasteiger partial charge on any atom is -0.392 e. The van der Waals surface area contributed by atoms with E-state index in [1.54, 1.807) is 0 Å². The van der Waals surface area contributed by atoms with Crippen molar-refractivity contribution in [2.45, 2.75) is 12.5 Å². The first-order valence-corrected chi connectivity index (χ1v) is 5.29. The van der Waals surface area contributed by atoms with Crippen LogP contribution in [0.5, 0.6) is 0 Å². The van der Waals surface area contributed by atoms with Gasteiger partial charge in [-0.15, -0.1) is 0 Å². The van der Waals surface area contributed by atoms with Gasteiger partial charge in [0.25, 0.3) is 0 Å². The normalized spacial score (nSPS) is 21.0. The Bertz CT molecular complexity index is 363. The second-order valence-electron chi connectivity index (χ2n) is 3.85. The van der Waals surface area contributed by atoms with E-state index in [2.05, 4.69) is 16.7 Å². The van der Waals surface area contributed by atoms with E-state index in [0.717, 1.165) is 31.6 Å². The maximum Gasteiger partial charge on any atom is 0.0679 e. The molecule has 0 spiro atoms. The van der Waals surface area contributed by atoms with Crippen LogP contribution in [0.4, 0.5) is 0 Å². The van der Waals surface area contributed by atoms with Crippen LogP contribution in [0, 0.1) is 11.8 Å². The van der Waals surface area contributed by atoms with Crippen molar-refractivity contribution >= 4 is 0 Å². The summed E-state index contributed by atoms with van der Waals surface area (Å²) in [6, 6.07) is 9.98. The second kappa shape index (κ2) is 4.97. The number of nitrogens with zero attached hydrogens (tertiary/aromatic N) is 1. The number of likely N-dealkylation sites (tertiary alicyclic amines) is 1. The van der Waals surface area contributed by atoms with Gasteiger partial charge in [-0.3, -0.25) is 4.90 Å². The van der Waals surface area contributed by atoms with Gasteiger partial charge in [-0.05, 0) is 18.6 Å². The maximum atomic E-state index is 9.33. The van der Waals surface area contributed by atoms with E-state index in [1.807, 2.05) is 30.3 Å². The third-order valence-electron chi connectivity index (χ3n) is 2.56. The molecule has 2 rings (SSSR count). The van der Waals surface area contributed by atoms with Crippen molar-refractivity contribution in [2.75, 3.05) is 19.6 Å². The number of hydrogen-bond acceptors (Lipinski definition) is 2. The van der Waals surface area contributed by atoms with Crippen LogP contribution in [0.3, 0.4) is 0 Å². The molecule has 15 heavy (non-hydrogen) atoms. The van der Waals surface area contributed by atoms with Gasteiger partial charge in [0, 0.05) is 18.7 Å². The molecule has 1 heterocycles. The highest BCUT2D eigenvalue weighted by Crippen LogP contribution is 2.07. The van der Waals surface area contributed by atoms with Crippen LogP contribution in [-0.2, 0) is 0 Å². The van der Waals surface area contributed by atoms with E-state index in [9.17, 15) is 5.11 Å². The molecular formula is C13H15NO. The van der Waals surface area contributed by atoms with Crippen LogP contribution in [0.1, 0.15) is 12.0 Å². The molecular weight excluding hydrogens is 186 g/mol. The van der Waals surface area contributed by atoms with E-state index in [4.69, 9.17) is 0 Å². The molecule has 1 aliphatic rings. The van der Waals surface area contributed by atoms with Gasteiger partial charge < -0.3 is 5.11 Å². The Morgan fingerprint density at radius 3 is 2.80 bits per heavy atom. The lowest BCUT2D eigenvalue weighted by Gasteiger charge is -2.09. The molecule has 2 heteroatoms. The number of hydrogen-bond donors (Lipinski definition) is 1. The summed E-state index contributed by atoms with van der Waals surface area (Å²) in [5, 5.41) is 9.33. The minimum absolute atomic E-state index is 0.150. The lowest BCUT2D eigenvalue weighted by molar-refractivity contribution is 0.180. The molecule has 2 nitrogen and oxygen atoms in total. The number of benzene rings is 1. The van der Waals surface area contributed by atoms with Crippen molar-refractivity contribution in [1.82, 2.24) is 4.90 Å². The zero-order valence-electron chi connectivity index (χ0n) is 8.69. The molecule has 0 bridgehead atoms. The summed E-state index contributed by atoms with van der Waals surface area (Å²) in [6.45, 7) is 2.49. The van der Waals surface area contributed by atoms with Crippen LogP contribution in [0.2, 0.25) is 0 Å². The monoisotopic (exact) mass is 201 g/mol. The third-order valence-corrected chi connectivity index (χ3v) is 2.56. The van der Waals surface area contributed by atoms with Crippen LogP contribution in [0.25, 0.3) is 0 Å².